The normalized spacial score (nSPS) is 13.0. The third-order valence-corrected chi connectivity index (χ3v) is 4.30. The largest absolute Gasteiger partial charge is 0.497 e. The molecule has 0 saturated heterocycles. The Morgan fingerprint density at radius 2 is 1.76 bits per heavy atom. The lowest BCUT2D eigenvalue weighted by Crippen LogP contribution is -2.25. The van der Waals surface area contributed by atoms with Crippen molar-refractivity contribution in [1.29, 1.82) is 0 Å². The van der Waals surface area contributed by atoms with Gasteiger partial charge < -0.3 is 15.4 Å². The molecule has 120 valence electrons. The van der Waals surface area contributed by atoms with Gasteiger partial charge in [0.15, 0.2) is 0 Å². The van der Waals surface area contributed by atoms with E-state index in [0.717, 1.165) is 25.3 Å². The molecule has 1 unspecified atom stereocenters. The van der Waals surface area contributed by atoms with E-state index in [1.165, 1.54) is 18.5 Å². The Hall–Kier alpha value is -1.22. The van der Waals surface area contributed by atoms with Crippen LogP contribution in [0.25, 0.3) is 0 Å². The van der Waals surface area contributed by atoms with E-state index in [4.69, 9.17) is 10.5 Å². The van der Waals surface area contributed by atoms with Crippen molar-refractivity contribution in [2.45, 2.75) is 40.0 Å². The van der Waals surface area contributed by atoms with Gasteiger partial charge in [0.1, 0.15) is 5.75 Å². The molecule has 0 fully saturated rings. The molecule has 1 aromatic rings. The minimum atomic E-state index is 0.345. The highest BCUT2D eigenvalue weighted by Gasteiger charge is 2.23. The Kier molecular flexibility index (Phi) is 7.03. The zero-order valence-electron chi connectivity index (χ0n) is 14.4. The predicted molar refractivity (Wildman–Crippen MR) is 92.1 cm³/mol. The third-order valence-electron chi connectivity index (χ3n) is 4.30. The van der Waals surface area contributed by atoms with Gasteiger partial charge in [-0.2, -0.15) is 0 Å². The molecule has 0 saturated carbocycles. The first-order valence-electron chi connectivity index (χ1n) is 7.93. The second-order valence-electron chi connectivity index (χ2n) is 6.90. The molecular formula is C18H32N2O. The van der Waals surface area contributed by atoms with Crippen molar-refractivity contribution in [1.82, 2.24) is 0 Å². The van der Waals surface area contributed by atoms with Crippen LogP contribution in [0, 0.1) is 11.3 Å². The quantitative estimate of drug-likeness (QED) is 0.789. The van der Waals surface area contributed by atoms with Crippen LogP contribution < -0.4 is 15.4 Å². The van der Waals surface area contributed by atoms with Gasteiger partial charge in [0.05, 0.1) is 7.11 Å². The molecule has 0 aliphatic rings. The number of rotatable bonds is 8. The molecule has 0 amide bonds. The van der Waals surface area contributed by atoms with Crippen LogP contribution in [-0.2, 0) is 0 Å². The monoisotopic (exact) mass is 292 g/mol. The van der Waals surface area contributed by atoms with Crippen LogP contribution in [-0.4, -0.2) is 27.2 Å². The molecule has 3 heteroatoms. The molecule has 0 spiro atoms. The van der Waals surface area contributed by atoms with Gasteiger partial charge in [-0.05, 0) is 61.4 Å². The zero-order chi connectivity index (χ0) is 15.9. The first-order chi connectivity index (χ1) is 9.88. The van der Waals surface area contributed by atoms with Crippen LogP contribution in [0.1, 0.15) is 40.0 Å². The van der Waals surface area contributed by atoms with Crippen molar-refractivity contribution in [3.63, 3.8) is 0 Å². The van der Waals surface area contributed by atoms with Gasteiger partial charge in [0, 0.05) is 19.3 Å². The lowest BCUT2D eigenvalue weighted by molar-refractivity contribution is 0.211. The summed E-state index contributed by atoms with van der Waals surface area (Å²) in [7, 11) is 3.85. The summed E-state index contributed by atoms with van der Waals surface area (Å²) in [5.41, 5.74) is 7.34. The molecular weight excluding hydrogens is 260 g/mol. The molecule has 0 aliphatic heterocycles. The molecule has 21 heavy (non-hydrogen) atoms. The van der Waals surface area contributed by atoms with E-state index in [9.17, 15) is 0 Å². The minimum absolute atomic E-state index is 0.345. The Morgan fingerprint density at radius 3 is 2.24 bits per heavy atom. The number of nitrogens with two attached hydrogens (primary N) is 1. The molecule has 1 rings (SSSR count). The highest BCUT2D eigenvalue weighted by Crippen LogP contribution is 2.32. The van der Waals surface area contributed by atoms with E-state index >= 15 is 0 Å². The SMILES string of the molecule is COc1ccc(N(C)CCCC(CCN)C(C)(C)C)cc1. The first kappa shape index (κ1) is 17.8. The fourth-order valence-electron chi connectivity index (χ4n) is 2.75. The maximum atomic E-state index is 5.75. The van der Waals surface area contributed by atoms with Crippen molar-refractivity contribution in [2.24, 2.45) is 17.1 Å². The molecule has 0 bridgehead atoms. The van der Waals surface area contributed by atoms with Crippen LogP contribution in [0.2, 0.25) is 0 Å². The van der Waals surface area contributed by atoms with Gasteiger partial charge in [-0.3, -0.25) is 0 Å². The molecule has 0 radical (unpaired) electrons. The maximum absolute atomic E-state index is 5.75. The fraction of sp³-hybridized carbons (Fsp3) is 0.667. The number of anilines is 1. The van der Waals surface area contributed by atoms with Gasteiger partial charge in [0.2, 0.25) is 0 Å². The number of benzene rings is 1. The van der Waals surface area contributed by atoms with Gasteiger partial charge >= 0.3 is 0 Å². The first-order valence-corrected chi connectivity index (χ1v) is 7.93. The average Bonchev–Trinajstić information content (AvgIpc) is 2.45. The summed E-state index contributed by atoms with van der Waals surface area (Å²) in [6, 6.07) is 8.25. The summed E-state index contributed by atoms with van der Waals surface area (Å²) in [5.74, 6) is 1.61. The number of nitrogens with zero attached hydrogens (tertiary/aromatic N) is 1. The molecule has 3 nitrogen and oxygen atoms in total. The Labute approximate surface area is 130 Å². The van der Waals surface area contributed by atoms with E-state index in [0.29, 0.717) is 11.3 Å². The maximum Gasteiger partial charge on any atom is 0.119 e. The van der Waals surface area contributed by atoms with Gasteiger partial charge in [-0.25, -0.2) is 0 Å². The standard InChI is InChI=1S/C18H32N2O/c1-18(2,3)15(12-13-19)7-6-14-20(4)16-8-10-17(21-5)11-9-16/h8-11,15H,6-7,12-14,19H2,1-5H3. The Bertz CT molecular complexity index is 395. The van der Waals surface area contributed by atoms with Crippen LogP contribution >= 0.6 is 0 Å². The summed E-state index contributed by atoms with van der Waals surface area (Å²) >= 11 is 0. The van der Waals surface area contributed by atoms with Gasteiger partial charge in [-0.1, -0.05) is 20.8 Å². The minimum Gasteiger partial charge on any atom is -0.497 e. The molecule has 0 aliphatic carbocycles. The molecule has 0 heterocycles. The fourth-order valence-corrected chi connectivity index (χ4v) is 2.75. The molecule has 2 N–H and O–H groups in total. The van der Waals surface area contributed by atoms with Crippen LogP contribution in [0.5, 0.6) is 5.75 Å². The predicted octanol–water partition coefficient (Wildman–Crippen LogP) is 3.92. The van der Waals surface area contributed by atoms with Gasteiger partial charge in [0.25, 0.3) is 0 Å². The second-order valence-corrected chi connectivity index (χ2v) is 6.90. The summed E-state index contributed by atoms with van der Waals surface area (Å²) < 4.78 is 5.20. The zero-order valence-corrected chi connectivity index (χ0v) is 14.4. The van der Waals surface area contributed by atoms with E-state index in [-0.39, 0.29) is 0 Å². The summed E-state index contributed by atoms with van der Waals surface area (Å²) in [5, 5.41) is 0. The molecule has 0 aromatic heterocycles. The van der Waals surface area contributed by atoms with Crippen LogP contribution in [0.3, 0.4) is 0 Å². The Balaban J connectivity index is 2.46. The second kappa shape index (κ2) is 8.28. The van der Waals surface area contributed by atoms with Crippen molar-refractivity contribution in [2.75, 3.05) is 32.1 Å². The van der Waals surface area contributed by atoms with Crippen molar-refractivity contribution in [3.05, 3.63) is 24.3 Å². The topological polar surface area (TPSA) is 38.5 Å². The Morgan fingerprint density at radius 1 is 1.14 bits per heavy atom. The summed E-state index contributed by atoms with van der Waals surface area (Å²) in [6.07, 6.45) is 3.56. The number of ether oxygens (including phenoxy) is 1. The van der Waals surface area contributed by atoms with Gasteiger partial charge in [-0.15, -0.1) is 0 Å². The van der Waals surface area contributed by atoms with E-state index < -0.39 is 0 Å². The van der Waals surface area contributed by atoms with Crippen molar-refractivity contribution >= 4 is 5.69 Å². The highest BCUT2D eigenvalue weighted by molar-refractivity contribution is 5.48. The number of hydrogen-bond acceptors (Lipinski definition) is 3. The number of hydrogen-bond donors (Lipinski definition) is 1. The lowest BCUT2D eigenvalue weighted by atomic mass is 9.76. The van der Waals surface area contributed by atoms with Crippen LogP contribution in [0.15, 0.2) is 24.3 Å². The lowest BCUT2D eigenvalue weighted by Gasteiger charge is -2.31. The van der Waals surface area contributed by atoms with Crippen LogP contribution in [0.4, 0.5) is 5.69 Å². The third kappa shape index (κ3) is 5.96. The van der Waals surface area contributed by atoms with E-state index in [1.807, 2.05) is 12.1 Å². The summed E-state index contributed by atoms with van der Waals surface area (Å²) in [4.78, 5) is 2.31. The van der Waals surface area contributed by atoms with E-state index in [1.54, 1.807) is 7.11 Å². The molecule has 1 atom stereocenters. The number of methoxy groups -OCH3 is 1. The smallest absolute Gasteiger partial charge is 0.119 e. The van der Waals surface area contributed by atoms with Crippen molar-refractivity contribution < 1.29 is 4.74 Å². The highest BCUT2D eigenvalue weighted by atomic mass is 16.5. The molecule has 1 aromatic carbocycles. The summed E-state index contributed by atoms with van der Waals surface area (Å²) in [6.45, 7) is 8.82. The van der Waals surface area contributed by atoms with E-state index in [2.05, 4.69) is 44.9 Å². The van der Waals surface area contributed by atoms with Crippen molar-refractivity contribution in [3.8, 4) is 5.75 Å². The average molecular weight is 292 g/mol.